The van der Waals surface area contributed by atoms with E-state index in [1.165, 1.54) is 57.5 Å². The van der Waals surface area contributed by atoms with Crippen molar-refractivity contribution in [3.63, 3.8) is 0 Å². The first kappa shape index (κ1) is 15.5. The topological polar surface area (TPSA) is 0 Å². The Morgan fingerprint density at radius 3 is 1.59 bits per heavy atom. The van der Waals surface area contributed by atoms with Crippen LogP contribution in [-0.4, -0.2) is 6.16 Å². The zero-order chi connectivity index (χ0) is 12.3. The molecule has 17 heavy (non-hydrogen) atoms. The van der Waals surface area contributed by atoms with E-state index in [1.807, 2.05) is 0 Å². The van der Waals surface area contributed by atoms with Crippen molar-refractivity contribution < 1.29 is 0 Å². The first-order valence-electron chi connectivity index (χ1n) is 8.08. The summed E-state index contributed by atoms with van der Waals surface area (Å²) in [6, 6.07) is 0. The minimum Gasteiger partial charge on any atom is -0.138 e. The van der Waals surface area contributed by atoms with Gasteiger partial charge in [0, 0.05) is 0 Å². The van der Waals surface area contributed by atoms with Crippen LogP contribution in [0, 0.1) is 11.8 Å². The van der Waals surface area contributed by atoms with Gasteiger partial charge in [-0.3, -0.25) is 0 Å². The lowest BCUT2D eigenvalue weighted by atomic mass is 9.90. The van der Waals surface area contributed by atoms with Gasteiger partial charge in [0.15, 0.2) is 0 Å². The first-order chi connectivity index (χ1) is 8.38. The van der Waals surface area contributed by atoms with E-state index >= 15 is 0 Å². The molecule has 0 heterocycles. The third kappa shape index (κ3) is 6.80. The van der Waals surface area contributed by atoms with Crippen LogP contribution in [0.5, 0.6) is 0 Å². The molecule has 1 heteroatoms. The maximum absolute atomic E-state index is 2.75. The van der Waals surface area contributed by atoms with Crippen LogP contribution in [0.4, 0.5) is 0 Å². The Labute approximate surface area is 112 Å². The van der Waals surface area contributed by atoms with Crippen molar-refractivity contribution in [1.29, 1.82) is 0 Å². The number of hydrogen-bond acceptors (Lipinski definition) is 0. The molecule has 0 saturated heterocycles. The minimum atomic E-state index is 1.16. The normalized spacial score (nSPS) is 21.5. The highest BCUT2D eigenvalue weighted by atomic mass is 31.0. The van der Waals surface area contributed by atoms with Crippen LogP contribution in [0.15, 0.2) is 0 Å². The van der Waals surface area contributed by atoms with Crippen LogP contribution in [-0.2, 0) is 0 Å². The van der Waals surface area contributed by atoms with Crippen LogP contribution in [0.2, 0.25) is 0 Å². The van der Waals surface area contributed by atoms with Crippen LogP contribution >= 0.6 is 9.24 Å². The van der Waals surface area contributed by atoms with E-state index in [0.29, 0.717) is 0 Å². The maximum atomic E-state index is 2.75. The number of rotatable bonds is 5. The van der Waals surface area contributed by atoms with E-state index in [9.17, 15) is 0 Å². The third-order valence-corrected chi connectivity index (χ3v) is 4.93. The molecule has 2 saturated carbocycles. The average Bonchev–Trinajstić information content (AvgIpc) is 3.03. The summed E-state index contributed by atoms with van der Waals surface area (Å²) in [6.45, 7) is 2.24. The largest absolute Gasteiger partial charge is 0.138 e. The highest BCUT2D eigenvalue weighted by Crippen LogP contribution is 2.39. The molecule has 2 rings (SSSR count). The van der Waals surface area contributed by atoms with Gasteiger partial charge in [-0.2, -0.15) is 0 Å². The summed E-state index contributed by atoms with van der Waals surface area (Å²) in [5.74, 6) is 2.31. The minimum absolute atomic E-state index is 1.16. The Kier molecular flexibility index (Phi) is 9.44. The van der Waals surface area contributed by atoms with Gasteiger partial charge in [-0.25, -0.2) is 0 Å². The highest BCUT2D eigenvalue weighted by Gasteiger charge is 2.26. The summed E-state index contributed by atoms with van der Waals surface area (Å²) in [7, 11) is 2.75. The second-order valence-corrected chi connectivity index (χ2v) is 6.52. The molecule has 0 radical (unpaired) electrons. The number of hydrogen-bond donors (Lipinski definition) is 0. The molecule has 0 aromatic rings. The molecule has 2 aliphatic carbocycles. The molecule has 0 N–H and O–H groups in total. The highest BCUT2D eigenvalue weighted by molar-refractivity contribution is 7.16. The van der Waals surface area contributed by atoms with E-state index in [2.05, 4.69) is 16.2 Å². The van der Waals surface area contributed by atoms with Crippen LogP contribution in [0.3, 0.4) is 0 Å². The second-order valence-electron chi connectivity index (χ2n) is 5.94. The molecule has 1 unspecified atom stereocenters. The van der Waals surface area contributed by atoms with Crippen molar-refractivity contribution in [3.8, 4) is 0 Å². The first-order valence-corrected chi connectivity index (χ1v) is 8.90. The van der Waals surface area contributed by atoms with Crippen molar-refractivity contribution in [2.45, 2.75) is 84.0 Å². The number of unbranched alkanes of at least 4 members (excludes halogenated alkanes) is 3. The Balaban J connectivity index is 0.000000185. The van der Waals surface area contributed by atoms with Gasteiger partial charge >= 0.3 is 0 Å². The molecule has 0 amide bonds. The van der Waals surface area contributed by atoms with Gasteiger partial charge in [-0.15, -0.1) is 9.24 Å². The second kappa shape index (κ2) is 10.4. The standard InChI is InChI=1S/C10H18.C6H15P/c1-2-6-9(5-1)10-7-3-4-8-10;1-2-3-4-5-6-7/h9-10H,1-8H2;2-7H2,1H3. The molecular weight excluding hydrogens is 223 g/mol. The van der Waals surface area contributed by atoms with E-state index in [-0.39, 0.29) is 0 Å². The smallest absolute Gasteiger partial charge is 0.0381 e. The van der Waals surface area contributed by atoms with Crippen molar-refractivity contribution in [2.75, 3.05) is 6.16 Å². The summed E-state index contributed by atoms with van der Waals surface area (Å²) in [4.78, 5) is 0. The predicted octanol–water partition coefficient (Wildman–Crippen LogP) is 5.81. The van der Waals surface area contributed by atoms with Gasteiger partial charge in [0.05, 0.1) is 0 Å². The van der Waals surface area contributed by atoms with Crippen molar-refractivity contribution in [2.24, 2.45) is 11.8 Å². The summed E-state index contributed by atoms with van der Waals surface area (Å²) < 4.78 is 0. The van der Waals surface area contributed by atoms with Crippen LogP contribution < -0.4 is 0 Å². The van der Waals surface area contributed by atoms with Gasteiger partial charge in [0.2, 0.25) is 0 Å². The summed E-state index contributed by atoms with van der Waals surface area (Å²) in [6.07, 6.45) is 19.2. The molecule has 0 aromatic carbocycles. The van der Waals surface area contributed by atoms with Crippen LogP contribution in [0.25, 0.3) is 0 Å². The molecule has 0 spiro atoms. The zero-order valence-corrected chi connectivity index (χ0v) is 13.1. The Hall–Kier alpha value is 0.430. The predicted molar refractivity (Wildman–Crippen MR) is 82.6 cm³/mol. The third-order valence-electron chi connectivity index (χ3n) is 4.52. The monoisotopic (exact) mass is 256 g/mol. The molecule has 0 aromatic heterocycles. The van der Waals surface area contributed by atoms with Gasteiger partial charge in [-0.1, -0.05) is 77.6 Å². The van der Waals surface area contributed by atoms with E-state index in [4.69, 9.17) is 0 Å². The SMILES string of the molecule is C1CCC(C2CCCC2)C1.CCCCCCP. The summed E-state index contributed by atoms with van der Waals surface area (Å²) in [5.41, 5.74) is 0. The summed E-state index contributed by atoms with van der Waals surface area (Å²) >= 11 is 0. The molecule has 2 fully saturated rings. The van der Waals surface area contributed by atoms with Crippen molar-refractivity contribution in [3.05, 3.63) is 0 Å². The van der Waals surface area contributed by atoms with E-state index < -0.39 is 0 Å². The molecular formula is C16H33P. The van der Waals surface area contributed by atoms with E-state index in [1.54, 1.807) is 25.7 Å². The molecule has 102 valence electrons. The van der Waals surface area contributed by atoms with Gasteiger partial charge < -0.3 is 0 Å². The quantitative estimate of drug-likeness (QED) is 0.430. The molecule has 0 bridgehead atoms. The Morgan fingerprint density at radius 2 is 1.24 bits per heavy atom. The Morgan fingerprint density at radius 1 is 0.765 bits per heavy atom. The summed E-state index contributed by atoms with van der Waals surface area (Å²) in [5, 5.41) is 0. The fourth-order valence-corrected chi connectivity index (χ4v) is 3.72. The van der Waals surface area contributed by atoms with Gasteiger partial charge in [0.1, 0.15) is 0 Å². The molecule has 0 nitrogen and oxygen atoms in total. The lowest BCUT2D eigenvalue weighted by Gasteiger charge is -2.16. The maximum Gasteiger partial charge on any atom is -0.0381 e. The van der Waals surface area contributed by atoms with E-state index in [0.717, 1.165) is 11.8 Å². The van der Waals surface area contributed by atoms with Crippen LogP contribution in [0.1, 0.15) is 84.0 Å². The Bertz CT molecular complexity index is 137. The van der Waals surface area contributed by atoms with Crippen molar-refractivity contribution >= 4 is 9.24 Å². The zero-order valence-electron chi connectivity index (χ0n) is 11.9. The van der Waals surface area contributed by atoms with Gasteiger partial charge in [-0.05, 0) is 24.4 Å². The van der Waals surface area contributed by atoms with Gasteiger partial charge in [0.25, 0.3) is 0 Å². The lowest BCUT2D eigenvalue weighted by molar-refractivity contribution is 0.347. The molecule has 2 aliphatic rings. The lowest BCUT2D eigenvalue weighted by Crippen LogP contribution is -2.06. The molecule has 1 atom stereocenters. The fraction of sp³-hybridized carbons (Fsp3) is 1.00. The molecule has 0 aliphatic heterocycles. The average molecular weight is 256 g/mol. The van der Waals surface area contributed by atoms with Crippen molar-refractivity contribution in [1.82, 2.24) is 0 Å². The fourth-order valence-electron chi connectivity index (χ4n) is 3.43.